The summed E-state index contributed by atoms with van der Waals surface area (Å²) in [6.45, 7) is 1.70. The molecule has 2 aromatic rings. The van der Waals surface area contributed by atoms with Crippen LogP contribution in [0.1, 0.15) is 6.92 Å². The van der Waals surface area contributed by atoms with Crippen molar-refractivity contribution >= 4 is 54.7 Å². The predicted molar refractivity (Wildman–Crippen MR) is 99.6 cm³/mol. The van der Waals surface area contributed by atoms with Gasteiger partial charge in [-0.15, -0.1) is 0 Å². The van der Waals surface area contributed by atoms with Gasteiger partial charge in [-0.1, -0.05) is 27.5 Å². The minimum absolute atomic E-state index is 0.00497. The Kier molecular flexibility index (Phi) is 4.90. The lowest BCUT2D eigenvalue weighted by molar-refractivity contribution is -0.137. The van der Waals surface area contributed by atoms with E-state index in [1.807, 2.05) is 12.1 Å². The highest BCUT2D eigenvalue weighted by Gasteiger charge is 2.36. The van der Waals surface area contributed by atoms with Crippen molar-refractivity contribution in [2.24, 2.45) is 0 Å². The fourth-order valence-corrected chi connectivity index (χ4v) is 4.33. The summed E-state index contributed by atoms with van der Waals surface area (Å²) in [5.74, 6) is -0.884. The second-order valence-corrected chi connectivity index (χ2v) is 8.41. The molecule has 25 heavy (non-hydrogen) atoms. The standard InChI is InChI=1S/C17H13BrClNO4S/c1-2-24-17(21)16-10-20(13-6-3-11(18)4-7-13)14-9-12(19)5-8-15(14)25(16,22)23/h3-10H,2H2,1H3. The van der Waals surface area contributed by atoms with Crippen LogP contribution in [-0.4, -0.2) is 21.0 Å². The molecule has 0 unspecified atom stereocenters. The van der Waals surface area contributed by atoms with E-state index in [0.717, 1.165) is 4.47 Å². The molecule has 5 nitrogen and oxygen atoms in total. The van der Waals surface area contributed by atoms with E-state index >= 15 is 0 Å². The predicted octanol–water partition coefficient (Wildman–Crippen LogP) is 4.43. The van der Waals surface area contributed by atoms with Gasteiger partial charge in [-0.3, -0.25) is 0 Å². The maximum absolute atomic E-state index is 12.8. The first-order chi connectivity index (χ1) is 11.8. The van der Waals surface area contributed by atoms with E-state index in [9.17, 15) is 13.2 Å². The maximum Gasteiger partial charge on any atom is 0.351 e. The second kappa shape index (κ2) is 6.82. The number of sulfone groups is 1. The van der Waals surface area contributed by atoms with Crippen molar-refractivity contribution in [3.05, 3.63) is 63.1 Å². The van der Waals surface area contributed by atoms with Crippen LogP contribution in [0, 0.1) is 0 Å². The number of ether oxygens (including phenoxy) is 1. The molecule has 0 N–H and O–H groups in total. The van der Waals surface area contributed by atoms with Crippen molar-refractivity contribution in [3.8, 4) is 0 Å². The third-order valence-corrected chi connectivity index (χ3v) is 6.13. The molecule has 0 aromatic heterocycles. The average Bonchev–Trinajstić information content (AvgIpc) is 2.56. The highest BCUT2D eigenvalue weighted by molar-refractivity contribution is 9.10. The number of rotatable bonds is 3. The summed E-state index contributed by atoms with van der Waals surface area (Å²) in [5.41, 5.74) is 1.06. The van der Waals surface area contributed by atoms with Gasteiger partial charge in [0.2, 0.25) is 9.84 Å². The Morgan fingerprint density at radius 3 is 2.52 bits per heavy atom. The van der Waals surface area contributed by atoms with Gasteiger partial charge >= 0.3 is 5.97 Å². The summed E-state index contributed by atoms with van der Waals surface area (Å²) in [7, 11) is -3.99. The summed E-state index contributed by atoms with van der Waals surface area (Å²) in [5, 5.41) is 0.393. The number of hydrogen-bond acceptors (Lipinski definition) is 5. The van der Waals surface area contributed by atoms with Crippen LogP contribution in [0.15, 0.2) is 62.9 Å². The monoisotopic (exact) mass is 441 g/mol. The molecule has 0 saturated heterocycles. The van der Waals surface area contributed by atoms with Gasteiger partial charge in [0.25, 0.3) is 0 Å². The summed E-state index contributed by atoms with van der Waals surface area (Å²) in [6, 6.07) is 11.7. The number of nitrogens with zero attached hydrogens (tertiary/aromatic N) is 1. The van der Waals surface area contributed by atoms with Gasteiger partial charge in [-0.2, -0.15) is 0 Å². The van der Waals surface area contributed by atoms with Gasteiger partial charge in [0.15, 0.2) is 4.91 Å². The number of anilines is 2. The largest absolute Gasteiger partial charge is 0.462 e. The minimum atomic E-state index is -3.99. The number of carbonyl (C=O) groups is 1. The average molecular weight is 443 g/mol. The van der Waals surface area contributed by atoms with Crippen LogP contribution in [0.5, 0.6) is 0 Å². The summed E-state index contributed by atoms with van der Waals surface area (Å²) in [6.07, 6.45) is 1.27. The molecule has 0 radical (unpaired) electrons. The molecule has 0 spiro atoms. The minimum Gasteiger partial charge on any atom is -0.462 e. The molecule has 0 bridgehead atoms. The van der Waals surface area contributed by atoms with E-state index in [1.165, 1.54) is 18.3 Å². The van der Waals surface area contributed by atoms with Crippen molar-refractivity contribution in [2.75, 3.05) is 11.5 Å². The van der Waals surface area contributed by atoms with Gasteiger partial charge in [0, 0.05) is 21.4 Å². The molecule has 8 heteroatoms. The fourth-order valence-electron chi connectivity index (χ4n) is 2.46. The van der Waals surface area contributed by atoms with Crippen LogP contribution in [0.25, 0.3) is 0 Å². The third-order valence-electron chi connectivity index (χ3n) is 3.59. The molecule has 0 aliphatic carbocycles. The van der Waals surface area contributed by atoms with Crippen LogP contribution in [0.4, 0.5) is 11.4 Å². The van der Waals surface area contributed by atoms with Gasteiger partial charge in [-0.05, 0) is 49.4 Å². The Balaban J connectivity index is 2.24. The van der Waals surface area contributed by atoms with Crippen molar-refractivity contribution in [2.45, 2.75) is 11.8 Å². The molecule has 1 aliphatic heterocycles. The first-order valence-corrected chi connectivity index (χ1v) is 9.98. The van der Waals surface area contributed by atoms with Crippen LogP contribution in [0.2, 0.25) is 5.02 Å². The van der Waals surface area contributed by atoms with E-state index < -0.39 is 20.7 Å². The molecule has 1 heterocycles. The van der Waals surface area contributed by atoms with Gasteiger partial charge < -0.3 is 9.64 Å². The molecular formula is C17H13BrClNO4S. The van der Waals surface area contributed by atoms with Crippen LogP contribution in [0.3, 0.4) is 0 Å². The van der Waals surface area contributed by atoms with Crippen molar-refractivity contribution in [1.82, 2.24) is 0 Å². The first-order valence-electron chi connectivity index (χ1n) is 7.33. The highest BCUT2D eigenvalue weighted by atomic mass is 79.9. The number of fused-ring (bicyclic) bond motifs is 1. The normalized spacial score (nSPS) is 15.3. The van der Waals surface area contributed by atoms with Gasteiger partial charge in [-0.25, -0.2) is 13.2 Å². The number of halogens is 2. The molecule has 130 valence electrons. The lowest BCUT2D eigenvalue weighted by Crippen LogP contribution is -2.26. The highest BCUT2D eigenvalue weighted by Crippen LogP contribution is 2.41. The number of hydrogen-bond donors (Lipinski definition) is 0. The van der Waals surface area contributed by atoms with E-state index in [2.05, 4.69) is 15.9 Å². The van der Waals surface area contributed by atoms with Crippen LogP contribution in [-0.2, 0) is 19.4 Å². The topological polar surface area (TPSA) is 63.7 Å². The van der Waals surface area contributed by atoms with E-state index in [1.54, 1.807) is 30.0 Å². The summed E-state index contributed by atoms with van der Waals surface area (Å²) >= 11 is 9.42. The Bertz CT molecular complexity index is 971. The van der Waals surface area contributed by atoms with E-state index in [-0.39, 0.29) is 11.5 Å². The van der Waals surface area contributed by atoms with Crippen LogP contribution < -0.4 is 4.90 Å². The Labute approximate surface area is 158 Å². The summed E-state index contributed by atoms with van der Waals surface area (Å²) < 4.78 is 31.4. The molecule has 0 saturated carbocycles. The van der Waals surface area contributed by atoms with E-state index in [0.29, 0.717) is 16.4 Å². The molecule has 0 atom stereocenters. The Morgan fingerprint density at radius 2 is 1.88 bits per heavy atom. The van der Waals surface area contributed by atoms with Gasteiger partial charge in [0.1, 0.15) is 0 Å². The third kappa shape index (κ3) is 3.31. The van der Waals surface area contributed by atoms with E-state index in [4.69, 9.17) is 16.3 Å². The number of carbonyl (C=O) groups excluding carboxylic acids is 1. The van der Waals surface area contributed by atoms with Crippen LogP contribution >= 0.6 is 27.5 Å². The summed E-state index contributed by atoms with van der Waals surface area (Å²) in [4.78, 5) is 13.4. The Morgan fingerprint density at radius 1 is 1.20 bits per heavy atom. The zero-order valence-electron chi connectivity index (χ0n) is 13.1. The molecular weight excluding hydrogens is 430 g/mol. The van der Waals surface area contributed by atoms with Gasteiger partial charge in [0.05, 0.1) is 17.2 Å². The Hall–Kier alpha value is -1.83. The van der Waals surface area contributed by atoms with Crippen molar-refractivity contribution < 1.29 is 17.9 Å². The fraction of sp³-hybridized carbons (Fsp3) is 0.118. The zero-order valence-corrected chi connectivity index (χ0v) is 16.2. The molecule has 3 rings (SSSR count). The molecule has 0 fully saturated rings. The first kappa shape index (κ1) is 18.0. The zero-order chi connectivity index (χ0) is 18.2. The molecule has 1 aliphatic rings. The lowest BCUT2D eigenvalue weighted by atomic mass is 10.2. The lowest BCUT2D eigenvalue weighted by Gasteiger charge is -2.28. The number of benzene rings is 2. The van der Waals surface area contributed by atoms with Crippen molar-refractivity contribution in [1.29, 1.82) is 0 Å². The molecule has 0 amide bonds. The maximum atomic E-state index is 12.8. The second-order valence-electron chi connectivity index (χ2n) is 5.18. The van der Waals surface area contributed by atoms with Crippen molar-refractivity contribution in [3.63, 3.8) is 0 Å². The SMILES string of the molecule is CCOC(=O)C1=CN(c2ccc(Br)cc2)c2cc(Cl)ccc2S1(=O)=O. The molecule has 2 aromatic carbocycles. The number of esters is 1. The smallest absolute Gasteiger partial charge is 0.351 e. The quantitative estimate of drug-likeness (QED) is 0.658.